The third kappa shape index (κ3) is 2.72. The minimum absolute atomic E-state index is 0.0310. The molecular weight excluding hydrogens is 198 g/mol. The number of carbonyl (C=O) groups excluding carboxylic acids is 1. The van der Waals surface area contributed by atoms with Gasteiger partial charge in [0.1, 0.15) is 5.75 Å². The summed E-state index contributed by atoms with van der Waals surface area (Å²) < 4.78 is 0. The first-order chi connectivity index (χ1) is 6.09. The van der Waals surface area contributed by atoms with Gasteiger partial charge in [-0.3, -0.25) is 9.63 Å². The van der Waals surface area contributed by atoms with Crippen LogP contribution in [0.5, 0.6) is 5.75 Å². The van der Waals surface area contributed by atoms with Gasteiger partial charge in [0.2, 0.25) is 0 Å². The highest BCUT2D eigenvalue weighted by Crippen LogP contribution is 2.14. The van der Waals surface area contributed by atoms with Crippen LogP contribution in [0.1, 0.15) is 10.4 Å². The van der Waals surface area contributed by atoms with Crippen LogP contribution in [0.25, 0.3) is 0 Å². The van der Waals surface area contributed by atoms with Crippen LogP contribution >= 0.6 is 11.6 Å². The fourth-order valence-corrected chi connectivity index (χ4v) is 0.879. The van der Waals surface area contributed by atoms with Crippen molar-refractivity contribution in [3.05, 3.63) is 39.9 Å². The van der Waals surface area contributed by atoms with Gasteiger partial charge in [0.05, 0.1) is 0 Å². The Morgan fingerprint density at radius 1 is 1.54 bits per heavy atom. The monoisotopic (exact) mass is 201 g/mol. The molecule has 0 N–H and O–H groups in total. The highest BCUT2D eigenvalue weighted by Gasteiger charge is 2.04. The number of hydrogen-bond donors (Lipinski definition) is 0. The summed E-state index contributed by atoms with van der Waals surface area (Å²) in [5.74, 6) is -0.0310. The second-order valence-corrected chi connectivity index (χ2v) is 2.46. The number of nitrogens with zero attached hydrogens (tertiary/aromatic N) is 1. The first kappa shape index (κ1) is 9.47. The van der Waals surface area contributed by atoms with Crippen molar-refractivity contribution >= 4 is 16.8 Å². The van der Waals surface area contributed by atoms with E-state index in [-0.39, 0.29) is 11.3 Å². The molecule has 0 saturated carbocycles. The summed E-state index contributed by atoms with van der Waals surface area (Å²) in [6.07, 6.45) is 0. The Bertz CT molecular complexity index is 352. The fraction of sp³-hybridized carbons (Fsp3) is 0. The molecule has 0 aromatic heterocycles. The second-order valence-electron chi connectivity index (χ2n) is 2.12. The van der Waals surface area contributed by atoms with Crippen LogP contribution in [0.4, 0.5) is 0 Å². The van der Waals surface area contributed by atoms with E-state index in [2.05, 4.69) is 4.84 Å². The Labute approximate surface area is 78.0 Å². The van der Waals surface area contributed by atoms with E-state index in [1.807, 2.05) is 0 Å². The zero-order valence-corrected chi connectivity index (χ0v) is 7.02. The van der Waals surface area contributed by atoms with Crippen LogP contribution in [0.3, 0.4) is 0 Å². The van der Waals surface area contributed by atoms with Gasteiger partial charge < -0.3 is 0 Å². The molecule has 0 saturated heterocycles. The van der Waals surface area contributed by atoms with Crippen molar-refractivity contribution in [2.45, 2.75) is 0 Å². The van der Waals surface area contributed by atoms with Gasteiger partial charge in [-0.15, -0.1) is 10.1 Å². The lowest BCUT2D eigenvalue weighted by Gasteiger charge is -1.98. The lowest BCUT2D eigenvalue weighted by atomic mass is 10.2. The quantitative estimate of drug-likeness (QED) is 0.423. The average Bonchev–Trinajstić information content (AvgIpc) is 2.03. The molecule has 5 nitrogen and oxygen atoms in total. The van der Waals surface area contributed by atoms with Gasteiger partial charge in [0.15, 0.2) is 0 Å². The van der Waals surface area contributed by atoms with Crippen LogP contribution < -0.4 is 4.84 Å². The van der Waals surface area contributed by atoms with Crippen molar-refractivity contribution in [3.8, 4) is 5.75 Å². The van der Waals surface area contributed by atoms with Crippen molar-refractivity contribution in [1.82, 2.24) is 0 Å². The molecule has 0 fully saturated rings. The predicted octanol–water partition coefficient (Wildman–Crippen LogP) is 1.64. The van der Waals surface area contributed by atoms with Gasteiger partial charge in [0, 0.05) is 5.56 Å². The minimum Gasteiger partial charge on any atom is -0.276 e. The van der Waals surface area contributed by atoms with Gasteiger partial charge in [-0.1, -0.05) is 6.07 Å². The maximum Gasteiger partial charge on any atom is 0.299 e. The predicted molar refractivity (Wildman–Crippen MR) is 44.2 cm³/mol. The van der Waals surface area contributed by atoms with E-state index in [9.17, 15) is 14.9 Å². The van der Waals surface area contributed by atoms with Gasteiger partial charge >= 0.3 is 0 Å². The summed E-state index contributed by atoms with van der Waals surface area (Å²) in [6.45, 7) is 0. The Morgan fingerprint density at radius 2 is 2.23 bits per heavy atom. The van der Waals surface area contributed by atoms with Gasteiger partial charge in [0.25, 0.3) is 10.3 Å². The molecule has 1 aromatic rings. The molecule has 1 aromatic carbocycles. The van der Waals surface area contributed by atoms with Crippen LogP contribution in [0.15, 0.2) is 24.3 Å². The molecule has 0 bridgehead atoms. The van der Waals surface area contributed by atoms with Crippen LogP contribution in [-0.4, -0.2) is 10.3 Å². The highest BCUT2D eigenvalue weighted by molar-refractivity contribution is 6.67. The van der Waals surface area contributed by atoms with Crippen LogP contribution in [0, 0.1) is 10.1 Å². The molecule has 0 aliphatic heterocycles. The van der Waals surface area contributed by atoms with Crippen molar-refractivity contribution in [3.63, 3.8) is 0 Å². The van der Waals surface area contributed by atoms with Crippen molar-refractivity contribution in [2.75, 3.05) is 0 Å². The summed E-state index contributed by atoms with van der Waals surface area (Å²) in [7, 11) is 0. The zero-order valence-electron chi connectivity index (χ0n) is 6.27. The van der Waals surface area contributed by atoms with E-state index in [1.54, 1.807) is 0 Å². The lowest BCUT2D eigenvalue weighted by Crippen LogP contribution is -2.03. The fourth-order valence-electron chi connectivity index (χ4n) is 0.761. The molecule has 1 rings (SSSR count). The summed E-state index contributed by atoms with van der Waals surface area (Å²) in [5, 5.41) is 8.27. The Hall–Kier alpha value is -1.62. The molecule has 0 aliphatic carbocycles. The van der Waals surface area contributed by atoms with E-state index in [1.165, 1.54) is 24.3 Å². The number of carbonyl (C=O) groups is 1. The second kappa shape index (κ2) is 3.86. The summed E-state index contributed by atoms with van der Waals surface area (Å²) in [4.78, 5) is 24.7. The van der Waals surface area contributed by atoms with Gasteiger partial charge in [-0.2, -0.15) is 0 Å². The SMILES string of the molecule is O=C(Cl)c1cccc(O[N+](=O)[O-])c1. The van der Waals surface area contributed by atoms with E-state index in [0.29, 0.717) is 0 Å². The molecule has 0 amide bonds. The number of rotatable bonds is 3. The number of hydrogen-bond acceptors (Lipinski definition) is 4. The maximum atomic E-state index is 10.6. The molecule has 0 aliphatic rings. The number of halogens is 1. The van der Waals surface area contributed by atoms with Crippen molar-refractivity contribution < 1.29 is 14.7 Å². The molecule has 0 unspecified atom stereocenters. The first-order valence-corrected chi connectivity index (χ1v) is 3.59. The van der Waals surface area contributed by atoms with E-state index < -0.39 is 10.3 Å². The summed E-state index contributed by atoms with van der Waals surface area (Å²) >= 11 is 5.15. The first-order valence-electron chi connectivity index (χ1n) is 3.22. The molecular formula is C7H4ClNO4. The zero-order chi connectivity index (χ0) is 9.84. The van der Waals surface area contributed by atoms with Crippen molar-refractivity contribution in [2.24, 2.45) is 0 Å². The molecule has 0 heterocycles. The van der Waals surface area contributed by atoms with Crippen LogP contribution in [0.2, 0.25) is 0 Å². The third-order valence-corrected chi connectivity index (χ3v) is 1.46. The van der Waals surface area contributed by atoms with E-state index in [4.69, 9.17) is 11.6 Å². The third-order valence-electron chi connectivity index (χ3n) is 1.24. The molecule has 6 heteroatoms. The lowest BCUT2D eigenvalue weighted by molar-refractivity contribution is -0.711. The van der Waals surface area contributed by atoms with Gasteiger partial charge in [-0.25, -0.2) is 0 Å². The number of benzene rings is 1. The van der Waals surface area contributed by atoms with Crippen molar-refractivity contribution in [1.29, 1.82) is 0 Å². The Balaban J connectivity index is 2.91. The maximum absolute atomic E-state index is 10.6. The van der Waals surface area contributed by atoms with Gasteiger partial charge in [-0.05, 0) is 29.8 Å². The largest absolute Gasteiger partial charge is 0.299 e. The Kier molecular flexibility index (Phi) is 2.81. The molecule has 13 heavy (non-hydrogen) atoms. The smallest absolute Gasteiger partial charge is 0.276 e. The Morgan fingerprint density at radius 3 is 2.77 bits per heavy atom. The van der Waals surface area contributed by atoms with Crippen LogP contribution in [-0.2, 0) is 0 Å². The molecule has 0 atom stereocenters. The highest BCUT2D eigenvalue weighted by atomic mass is 35.5. The minimum atomic E-state index is -0.960. The molecule has 68 valence electrons. The average molecular weight is 202 g/mol. The standard InChI is InChI=1S/C7H4ClNO4/c8-7(10)5-2-1-3-6(4-5)13-9(11)12/h1-4H. The van der Waals surface area contributed by atoms with E-state index >= 15 is 0 Å². The normalized spacial score (nSPS) is 9.31. The molecule has 0 spiro atoms. The summed E-state index contributed by atoms with van der Waals surface area (Å²) in [6, 6.07) is 5.42. The molecule has 0 radical (unpaired) electrons. The van der Waals surface area contributed by atoms with E-state index in [0.717, 1.165) is 0 Å². The topological polar surface area (TPSA) is 69.4 Å². The summed E-state index contributed by atoms with van der Waals surface area (Å²) in [5.41, 5.74) is 0.154.